The van der Waals surface area contributed by atoms with E-state index in [9.17, 15) is 9.90 Å². The largest absolute Gasteiger partial charge is 0.481 e. The summed E-state index contributed by atoms with van der Waals surface area (Å²) in [6.45, 7) is 0. The predicted octanol–water partition coefficient (Wildman–Crippen LogP) is 2.96. The number of carbonyl (C=O) groups is 1. The van der Waals surface area contributed by atoms with Gasteiger partial charge in [0.05, 0.1) is 0 Å². The molecule has 1 N–H and O–H groups in total. The zero-order valence-electron chi connectivity index (χ0n) is 7.96. The highest BCUT2D eigenvalue weighted by Gasteiger charge is 2.22. The van der Waals surface area contributed by atoms with Crippen LogP contribution in [0.15, 0.2) is 47.8 Å². The number of carboxylic acids is 1. The number of rotatable bonds is 3. The van der Waals surface area contributed by atoms with Gasteiger partial charge in [-0.2, -0.15) is 0 Å². The average Bonchev–Trinajstić information content (AvgIpc) is 2.72. The highest BCUT2D eigenvalue weighted by Crippen LogP contribution is 2.28. The Morgan fingerprint density at radius 2 is 1.87 bits per heavy atom. The normalized spacial score (nSPS) is 12.3. The van der Waals surface area contributed by atoms with Crippen molar-refractivity contribution in [3.05, 3.63) is 58.3 Å². The van der Waals surface area contributed by atoms with Gasteiger partial charge in [-0.1, -0.05) is 36.4 Å². The van der Waals surface area contributed by atoms with E-state index < -0.39 is 11.9 Å². The summed E-state index contributed by atoms with van der Waals surface area (Å²) in [6.07, 6.45) is 0. The summed E-state index contributed by atoms with van der Waals surface area (Å²) in [5, 5.41) is 11.1. The fourth-order valence-electron chi connectivity index (χ4n) is 1.53. The van der Waals surface area contributed by atoms with E-state index in [0.717, 1.165) is 10.4 Å². The topological polar surface area (TPSA) is 37.3 Å². The van der Waals surface area contributed by atoms with Gasteiger partial charge in [-0.3, -0.25) is 4.79 Å². The van der Waals surface area contributed by atoms with Crippen LogP contribution in [0.25, 0.3) is 0 Å². The van der Waals surface area contributed by atoms with E-state index in [0.29, 0.717) is 0 Å². The molecule has 0 saturated carbocycles. The van der Waals surface area contributed by atoms with Crippen molar-refractivity contribution in [1.29, 1.82) is 0 Å². The van der Waals surface area contributed by atoms with E-state index in [4.69, 9.17) is 0 Å². The standard InChI is InChI=1S/C12H10O2S/c13-12(14)11(10-7-4-8-15-10)9-5-2-1-3-6-9/h1-8,11H,(H,13,14). The molecular weight excluding hydrogens is 208 g/mol. The Morgan fingerprint density at radius 1 is 1.13 bits per heavy atom. The van der Waals surface area contributed by atoms with Gasteiger partial charge < -0.3 is 5.11 Å². The molecule has 76 valence electrons. The lowest BCUT2D eigenvalue weighted by Crippen LogP contribution is -2.11. The highest BCUT2D eigenvalue weighted by atomic mass is 32.1. The van der Waals surface area contributed by atoms with Crippen LogP contribution in [0.1, 0.15) is 16.4 Å². The molecule has 0 fully saturated rings. The molecule has 2 nitrogen and oxygen atoms in total. The zero-order chi connectivity index (χ0) is 10.7. The van der Waals surface area contributed by atoms with Gasteiger partial charge in [-0.25, -0.2) is 0 Å². The van der Waals surface area contributed by atoms with Gasteiger partial charge in [0, 0.05) is 4.88 Å². The fraction of sp³-hybridized carbons (Fsp3) is 0.0833. The smallest absolute Gasteiger partial charge is 0.316 e. The van der Waals surface area contributed by atoms with Crippen molar-refractivity contribution in [1.82, 2.24) is 0 Å². The first-order chi connectivity index (χ1) is 7.29. The molecule has 15 heavy (non-hydrogen) atoms. The Morgan fingerprint density at radius 3 is 2.40 bits per heavy atom. The molecule has 2 aromatic rings. The fourth-order valence-corrected chi connectivity index (χ4v) is 2.37. The summed E-state index contributed by atoms with van der Waals surface area (Å²) in [4.78, 5) is 12.1. The summed E-state index contributed by atoms with van der Waals surface area (Å²) in [6, 6.07) is 13.0. The molecule has 1 aromatic carbocycles. The van der Waals surface area contributed by atoms with Gasteiger partial charge in [-0.15, -0.1) is 11.3 Å². The first-order valence-electron chi connectivity index (χ1n) is 4.60. The van der Waals surface area contributed by atoms with Gasteiger partial charge in [0.1, 0.15) is 5.92 Å². The minimum absolute atomic E-state index is 0.536. The summed E-state index contributed by atoms with van der Waals surface area (Å²) >= 11 is 1.47. The molecule has 1 unspecified atom stereocenters. The number of benzene rings is 1. The first-order valence-corrected chi connectivity index (χ1v) is 5.48. The van der Waals surface area contributed by atoms with Crippen LogP contribution in [0.2, 0.25) is 0 Å². The molecule has 2 rings (SSSR count). The van der Waals surface area contributed by atoms with E-state index >= 15 is 0 Å². The Balaban J connectivity index is 2.42. The maximum atomic E-state index is 11.2. The molecular formula is C12H10O2S. The minimum Gasteiger partial charge on any atom is -0.481 e. The number of hydrogen-bond acceptors (Lipinski definition) is 2. The maximum absolute atomic E-state index is 11.2. The molecule has 1 heterocycles. The van der Waals surface area contributed by atoms with Crippen molar-refractivity contribution < 1.29 is 9.90 Å². The molecule has 1 atom stereocenters. The van der Waals surface area contributed by atoms with Crippen LogP contribution in [-0.4, -0.2) is 11.1 Å². The lowest BCUT2D eigenvalue weighted by molar-refractivity contribution is -0.137. The van der Waals surface area contributed by atoms with Crippen LogP contribution < -0.4 is 0 Å². The monoisotopic (exact) mass is 218 g/mol. The Hall–Kier alpha value is -1.61. The Kier molecular flexibility index (Phi) is 2.83. The Bertz CT molecular complexity index is 434. The van der Waals surface area contributed by atoms with Gasteiger partial charge in [-0.05, 0) is 17.0 Å². The van der Waals surface area contributed by atoms with Crippen molar-refractivity contribution >= 4 is 17.3 Å². The molecule has 0 spiro atoms. The van der Waals surface area contributed by atoms with Crippen molar-refractivity contribution in [3.8, 4) is 0 Å². The van der Waals surface area contributed by atoms with E-state index in [1.807, 2.05) is 47.8 Å². The third-order valence-electron chi connectivity index (χ3n) is 2.21. The SMILES string of the molecule is O=C(O)C(c1ccccc1)c1cccs1. The Labute approximate surface area is 91.8 Å². The van der Waals surface area contributed by atoms with Gasteiger partial charge in [0.25, 0.3) is 0 Å². The molecule has 0 aliphatic carbocycles. The second-order valence-electron chi connectivity index (χ2n) is 3.20. The quantitative estimate of drug-likeness (QED) is 0.860. The predicted molar refractivity (Wildman–Crippen MR) is 60.2 cm³/mol. The molecule has 0 bridgehead atoms. The third kappa shape index (κ3) is 2.07. The second kappa shape index (κ2) is 4.28. The molecule has 0 aliphatic rings. The molecule has 0 saturated heterocycles. The van der Waals surface area contributed by atoms with Crippen molar-refractivity contribution in [2.45, 2.75) is 5.92 Å². The highest BCUT2D eigenvalue weighted by molar-refractivity contribution is 7.10. The molecule has 3 heteroatoms. The number of aliphatic carboxylic acids is 1. The van der Waals surface area contributed by atoms with Crippen molar-refractivity contribution in [3.63, 3.8) is 0 Å². The summed E-state index contributed by atoms with van der Waals surface area (Å²) in [5.74, 6) is -1.34. The van der Waals surface area contributed by atoms with Crippen molar-refractivity contribution in [2.24, 2.45) is 0 Å². The molecule has 0 radical (unpaired) electrons. The second-order valence-corrected chi connectivity index (χ2v) is 4.18. The van der Waals surface area contributed by atoms with E-state index in [1.54, 1.807) is 0 Å². The van der Waals surface area contributed by atoms with E-state index in [-0.39, 0.29) is 0 Å². The first kappa shape index (κ1) is 9.93. The van der Waals surface area contributed by atoms with E-state index in [1.165, 1.54) is 11.3 Å². The lowest BCUT2D eigenvalue weighted by Gasteiger charge is -2.10. The molecule has 0 amide bonds. The summed E-state index contributed by atoms with van der Waals surface area (Å²) < 4.78 is 0. The minimum atomic E-state index is -0.802. The summed E-state index contributed by atoms with van der Waals surface area (Å²) in [5.41, 5.74) is 0.826. The van der Waals surface area contributed by atoms with Crippen molar-refractivity contribution in [2.75, 3.05) is 0 Å². The van der Waals surface area contributed by atoms with E-state index in [2.05, 4.69) is 0 Å². The van der Waals surface area contributed by atoms with Crippen LogP contribution in [0.3, 0.4) is 0 Å². The van der Waals surface area contributed by atoms with Gasteiger partial charge in [0.2, 0.25) is 0 Å². The van der Waals surface area contributed by atoms with Gasteiger partial charge in [0.15, 0.2) is 0 Å². The number of hydrogen-bond donors (Lipinski definition) is 1. The van der Waals surface area contributed by atoms with Gasteiger partial charge >= 0.3 is 5.97 Å². The lowest BCUT2D eigenvalue weighted by atomic mass is 9.98. The summed E-state index contributed by atoms with van der Waals surface area (Å²) in [7, 11) is 0. The molecule has 1 aromatic heterocycles. The molecule has 0 aliphatic heterocycles. The number of thiophene rings is 1. The van der Waals surface area contributed by atoms with Crippen LogP contribution in [0.5, 0.6) is 0 Å². The van der Waals surface area contributed by atoms with Crippen LogP contribution >= 0.6 is 11.3 Å². The van der Waals surface area contributed by atoms with Crippen LogP contribution in [-0.2, 0) is 4.79 Å². The van der Waals surface area contributed by atoms with Crippen LogP contribution in [0, 0.1) is 0 Å². The number of carboxylic acid groups (broad SMARTS) is 1. The third-order valence-corrected chi connectivity index (χ3v) is 3.14. The maximum Gasteiger partial charge on any atom is 0.316 e. The van der Waals surface area contributed by atoms with Crippen LogP contribution in [0.4, 0.5) is 0 Å². The zero-order valence-corrected chi connectivity index (χ0v) is 8.78. The average molecular weight is 218 g/mol.